The summed E-state index contributed by atoms with van der Waals surface area (Å²) in [5.41, 5.74) is 6.56. The molecule has 0 heterocycles. The Morgan fingerprint density at radius 1 is 0.840 bits per heavy atom. The summed E-state index contributed by atoms with van der Waals surface area (Å²) >= 11 is 0. The van der Waals surface area contributed by atoms with Gasteiger partial charge in [-0.3, -0.25) is 4.79 Å². The van der Waals surface area contributed by atoms with E-state index in [1.165, 1.54) is 5.56 Å². The minimum atomic E-state index is -1.16. The van der Waals surface area contributed by atoms with Crippen LogP contribution in [0.5, 0.6) is 0 Å². The van der Waals surface area contributed by atoms with Crippen molar-refractivity contribution in [2.75, 3.05) is 0 Å². The Balaban J connectivity index is 2.10. The lowest BCUT2D eigenvalue weighted by atomic mass is 9.88. The van der Waals surface area contributed by atoms with Crippen LogP contribution in [-0.4, -0.2) is 10.9 Å². The largest absolute Gasteiger partial charge is 0.380 e. The molecule has 2 nitrogen and oxygen atoms in total. The van der Waals surface area contributed by atoms with Crippen LogP contribution in [0.1, 0.15) is 38.7 Å². The fraction of sp³-hybridized carbons (Fsp3) is 0.174. The van der Waals surface area contributed by atoms with Gasteiger partial charge in [0, 0.05) is 5.56 Å². The Labute approximate surface area is 148 Å². The van der Waals surface area contributed by atoms with Crippen LogP contribution in [0.15, 0.2) is 66.7 Å². The molecular formula is C23H22O2. The first-order valence-electron chi connectivity index (χ1n) is 8.43. The summed E-state index contributed by atoms with van der Waals surface area (Å²) in [6.07, 6.45) is -1.16. The van der Waals surface area contributed by atoms with Crippen molar-refractivity contribution in [3.05, 3.63) is 94.5 Å². The molecule has 1 N–H and O–H groups in total. The van der Waals surface area contributed by atoms with Gasteiger partial charge in [-0.1, -0.05) is 72.3 Å². The number of rotatable bonds is 4. The van der Waals surface area contributed by atoms with Crippen molar-refractivity contribution in [2.24, 2.45) is 0 Å². The van der Waals surface area contributed by atoms with E-state index in [1.54, 1.807) is 18.2 Å². The summed E-state index contributed by atoms with van der Waals surface area (Å²) in [5, 5.41) is 10.5. The number of carbonyl (C=O) groups is 1. The summed E-state index contributed by atoms with van der Waals surface area (Å²) in [5.74, 6) is -0.277. The maximum atomic E-state index is 13.0. The van der Waals surface area contributed by atoms with Gasteiger partial charge in [-0.25, -0.2) is 0 Å². The van der Waals surface area contributed by atoms with Crippen LogP contribution in [-0.2, 0) is 0 Å². The van der Waals surface area contributed by atoms with Gasteiger partial charge in [-0.15, -0.1) is 0 Å². The highest BCUT2D eigenvalue weighted by Crippen LogP contribution is 2.33. The number of Topliss-reactive ketones (excluding diaryl/α,β-unsaturated/α-hetero) is 1. The monoisotopic (exact) mass is 330 g/mol. The van der Waals surface area contributed by atoms with Crippen LogP contribution in [0.2, 0.25) is 0 Å². The SMILES string of the molecule is Cc1cc(C)c(-c2ccccc2C(=O)C(O)c2ccccc2)c(C)c1. The highest BCUT2D eigenvalue weighted by Gasteiger charge is 2.23. The molecule has 0 aliphatic carbocycles. The Morgan fingerprint density at radius 2 is 1.40 bits per heavy atom. The van der Waals surface area contributed by atoms with E-state index in [-0.39, 0.29) is 5.78 Å². The van der Waals surface area contributed by atoms with E-state index in [2.05, 4.69) is 32.9 Å². The van der Waals surface area contributed by atoms with Crippen molar-refractivity contribution in [3.8, 4) is 11.1 Å². The predicted octanol–water partition coefficient (Wildman–Crippen LogP) is 5.20. The molecule has 0 saturated carbocycles. The summed E-state index contributed by atoms with van der Waals surface area (Å²) < 4.78 is 0. The lowest BCUT2D eigenvalue weighted by molar-refractivity contribution is 0.0748. The first-order chi connectivity index (χ1) is 12.0. The van der Waals surface area contributed by atoms with Gasteiger partial charge in [-0.05, 0) is 48.6 Å². The van der Waals surface area contributed by atoms with Gasteiger partial charge in [0.25, 0.3) is 0 Å². The second-order valence-electron chi connectivity index (χ2n) is 6.50. The molecule has 0 spiro atoms. The predicted molar refractivity (Wildman–Crippen MR) is 102 cm³/mol. The third-order valence-corrected chi connectivity index (χ3v) is 4.50. The first kappa shape index (κ1) is 17.1. The smallest absolute Gasteiger partial charge is 0.196 e. The quantitative estimate of drug-likeness (QED) is 0.668. The Bertz CT molecular complexity index is 887. The van der Waals surface area contributed by atoms with Crippen molar-refractivity contribution in [1.82, 2.24) is 0 Å². The van der Waals surface area contributed by atoms with Crippen LogP contribution in [0.4, 0.5) is 0 Å². The van der Waals surface area contributed by atoms with Crippen molar-refractivity contribution in [2.45, 2.75) is 26.9 Å². The molecule has 126 valence electrons. The van der Waals surface area contributed by atoms with Gasteiger partial charge in [0.1, 0.15) is 6.10 Å². The number of benzene rings is 3. The van der Waals surface area contributed by atoms with Gasteiger partial charge in [0.05, 0.1) is 0 Å². The number of ketones is 1. The lowest BCUT2D eigenvalue weighted by Gasteiger charge is -2.17. The van der Waals surface area contributed by atoms with Crippen LogP contribution in [0.25, 0.3) is 11.1 Å². The van der Waals surface area contributed by atoms with Gasteiger partial charge >= 0.3 is 0 Å². The highest BCUT2D eigenvalue weighted by atomic mass is 16.3. The maximum Gasteiger partial charge on any atom is 0.196 e. The maximum absolute atomic E-state index is 13.0. The van der Waals surface area contributed by atoms with E-state index in [4.69, 9.17) is 0 Å². The zero-order chi connectivity index (χ0) is 18.0. The van der Waals surface area contributed by atoms with E-state index in [0.717, 1.165) is 22.3 Å². The van der Waals surface area contributed by atoms with Gasteiger partial charge < -0.3 is 5.11 Å². The van der Waals surface area contributed by atoms with Crippen molar-refractivity contribution >= 4 is 5.78 Å². The molecule has 1 atom stereocenters. The summed E-state index contributed by atoms with van der Waals surface area (Å²) in [6, 6.07) is 20.8. The Morgan fingerprint density at radius 3 is 2.04 bits per heavy atom. The second-order valence-corrected chi connectivity index (χ2v) is 6.50. The molecule has 0 fully saturated rings. The summed E-state index contributed by atoms with van der Waals surface area (Å²) in [4.78, 5) is 13.0. The average molecular weight is 330 g/mol. The molecule has 2 heteroatoms. The zero-order valence-corrected chi connectivity index (χ0v) is 14.8. The van der Waals surface area contributed by atoms with Gasteiger partial charge in [0.2, 0.25) is 0 Å². The molecule has 3 rings (SSSR count). The van der Waals surface area contributed by atoms with Crippen molar-refractivity contribution in [3.63, 3.8) is 0 Å². The number of aryl methyl sites for hydroxylation is 3. The molecule has 0 aromatic heterocycles. The molecule has 0 radical (unpaired) electrons. The fourth-order valence-corrected chi connectivity index (χ4v) is 3.45. The van der Waals surface area contributed by atoms with Crippen molar-refractivity contribution in [1.29, 1.82) is 0 Å². The van der Waals surface area contributed by atoms with E-state index in [1.807, 2.05) is 36.4 Å². The van der Waals surface area contributed by atoms with E-state index in [9.17, 15) is 9.90 Å². The number of carbonyl (C=O) groups excluding carboxylic acids is 1. The lowest BCUT2D eigenvalue weighted by Crippen LogP contribution is -2.13. The number of hydrogen-bond acceptors (Lipinski definition) is 2. The van der Waals surface area contributed by atoms with E-state index < -0.39 is 6.10 Å². The van der Waals surface area contributed by atoms with Crippen LogP contribution >= 0.6 is 0 Å². The normalized spacial score (nSPS) is 12.0. The average Bonchev–Trinajstić information content (AvgIpc) is 2.61. The number of aliphatic hydroxyl groups is 1. The minimum absolute atomic E-state index is 0.277. The minimum Gasteiger partial charge on any atom is -0.380 e. The topological polar surface area (TPSA) is 37.3 Å². The molecule has 3 aromatic rings. The van der Waals surface area contributed by atoms with Gasteiger partial charge in [0.15, 0.2) is 5.78 Å². The van der Waals surface area contributed by atoms with Crippen LogP contribution in [0, 0.1) is 20.8 Å². The third kappa shape index (κ3) is 3.40. The first-order valence-corrected chi connectivity index (χ1v) is 8.43. The molecule has 3 aromatic carbocycles. The van der Waals surface area contributed by atoms with Gasteiger partial charge in [-0.2, -0.15) is 0 Å². The third-order valence-electron chi connectivity index (χ3n) is 4.50. The van der Waals surface area contributed by atoms with Crippen molar-refractivity contribution < 1.29 is 9.90 Å². The number of hydrogen-bond donors (Lipinski definition) is 1. The summed E-state index contributed by atoms with van der Waals surface area (Å²) in [6.45, 7) is 6.19. The zero-order valence-electron chi connectivity index (χ0n) is 14.8. The fourth-order valence-electron chi connectivity index (χ4n) is 3.45. The standard InChI is InChI=1S/C23H22O2/c1-15-13-16(2)21(17(3)14-15)19-11-7-8-12-20(19)23(25)22(24)18-9-5-4-6-10-18/h4-14,22,24H,1-3H3. The molecule has 1 unspecified atom stereocenters. The Hall–Kier alpha value is -2.71. The number of aliphatic hydroxyl groups excluding tert-OH is 1. The van der Waals surface area contributed by atoms with Crippen LogP contribution in [0.3, 0.4) is 0 Å². The van der Waals surface area contributed by atoms with E-state index in [0.29, 0.717) is 11.1 Å². The Kier molecular flexibility index (Phi) is 4.82. The molecule has 0 aliphatic rings. The molecule has 0 saturated heterocycles. The molecule has 0 amide bonds. The van der Waals surface area contributed by atoms with E-state index >= 15 is 0 Å². The molecular weight excluding hydrogens is 308 g/mol. The molecule has 25 heavy (non-hydrogen) atoms. The summed E-state index contributed by atoms with van der Waals surface area (Å²) in [7, 11) is 0. The molecule has 0 bridgehead atoms. The van der Waals surface area contributed by atoms with Crippen LogP contribution < -0.4 is 0 Å². The highest BCUT2D eigenvalue weighted by molar-refractivity contribution is 6.05. The molecule has 0 aliphatic heterocycles. The second kappa shape index (κ2) is 7.04.